The SMILES string of the molecule is Cc1cccn2c(CSCc3ccccc3)c(-c3ccccc3)nc12. The molecule has 0 bridgehead atoms. The zero-order valence-electron chi connectivity index (χ0n) is 14.2. The van der Waals surface area contributed by atoms with E-state index in [1.807, 2.05) is 17.8 Å². The minimum absolute atomic E-state index is 0.934. The number of hydrogen-bond donors (Lipinski definition) is 0. The Labute approximate surface area is 152 Å². The van der Waals surface area contributed by atoms with Crippen molar-refractivity contribution in [3.05, 3.63) is 95.8 Å². The Morgan fingerprint density at radius 2 is 1.56 bits per heavy atom. The Morgan fingerprint density at radius 1 is 0.840 bits per heavy atom. The van der Waals surface area contributed by atoms with Gasteiger partial charge in [-0.05, 0) is 24.1 Å². The van der Waals surface area contributed by atoms with Crippen LogP contribution >= 0.6 is 11.8 Å². The van der Waals surface area contributed by atoms with Gasteiger partial charge in [0.2, 0.25) is 0 Å². The van der Waals surface area contributed by atoms with Crippen molar-refractivity contribution in [3.8, 4) is 11.3 Å². The maximum atomic E-state index is 4.96. The van der Waals surface area contributed by atoms with E-state index < -0.39 is 0 Å². The lowest BCUT2D eigenvalue weighted by atomic mass is 10.1. The summed E-state index contributed by atoms with van der Waals surface area (Å²) in [5.41, 5.74) is 7.16. The van der Waals surface area contributed by atoms with Gasteiger partial charge in [0.25, 0.3) is 0 Å². The average molecular weight is 344 g/mol. The predicted octanol–water partition coefficient (Wildman–Crippen LogP) is 5.74. The summed E-state index contributed by atoms with van der Waals surface area (Å²) >= 11 is 1.93. The minimum Gasteiger partial charge on any atom is -0.302 e. The van der Waals surface area contributed by atoms with Crippen molar-refractivity contribution in [2.75, 3.05) is 0 Å². The predicted molar refractivity (Wildman–Crippen MR) is 107 cm³/mol. The highest BCUT2D eigenvalue weighted by molar-refractivity contribution is 7.97. The molecule has 0 saturated heterocycles. The molecule has 0 fully saturated rings. The number of pyridine rings is 1. The lowest BCUT2D eigenvalue weighted by Gasteiger charge is -2.06. The molecular formula is C22H20N2S. The lowest BCUT2D eigenvalue weighted by Crippen LogP contribution is -1.94. The molecule has 2 aromatic carbocycles. The number of benzene rings is 2. The fourth-order valence-corrected chi connectivity index (χ4v) is 4.06. The first-order valence-corrected chi connectivity index (χ1v) is 9.62. The van der Waals surface area contributed by atoms with Gasteiger partial charge in [0.1, 0.15) is 5.65 Å². The van der Waals surface area contributed by atoms with E-state index in [-0.39, 0.29) is 0 Å². The zero-order chi connectivity index (χ0) is 17.1. The molecule has 0 spiro atoms. The molecule has 0 unspecified atom stereocenters. The highest BCUT2D eigenvalue weighted by Gasteiger charge is 2.14. The van der Waals surface area contributed by atoms with Gasteiger partial charge in [-0.1, -0.05) is 66.7 Å². The number of aryl methyl sites for hydroxylation is 1. The molecular weight excluding hydrogens is 324 g/mol. The summed E-state index contributed by atoms with van der Waals surface area (Å²) in [6.07, 6.45) is 2.13. The molecule has 0 atom stereocenters. The number of aromatic nitrogens is 2. The summed E-state index contributed by atoms with van der Waals surface area (Å²) in [5, 5.41) is 0. The van der Waals surface area contributed by atoms with Crippen molar-refractivity contribution < 1.29 is 0 Å². The van der Waals surface area contributed by atoms with Gasteiger partial charge < -0.3 is 4.40 Å². The van der Waals surface area contributed by atoms with Crippen LogP contribution in [-0.4, -0.2) is 9.38 Å². The molecule has 0 N–H and O–H groups in total. The second-order valence-corrected chi connectivity index (χ2v) is 7.12. The Kier molecular flexibility index (Phi) is 4.57. The van der Waals surface area contributed by atoms with Crippen molar-refractivity contribution in [1.29, 1.82) is 0 Å². The Hall–Kier alpha value is -2.52. The van der Waals surface area contributed by atoms with E-state index in [1.54, 1.807) is 0 Å². The number of nitrogens with zero attached hydrogens (tertiary/aromatic N) is 2. The third-order valence-corrected chi connectivity index (χ3v) is 5.36. The summed E-state index contributed by atoms with van der Waals surface area (Å²) in [4.78, 5) is 4.96. The van der Waals surface area contributed by atoms with Crippen molar-refractivity contribution >= 4 is 17.4 Å². The normalized spacial score (nSPS) is 11.1. The van der Waals surface area contributed by atoms with Crippen LogP contribution in [0.1, 0.15) is 16.8 Å². The second kappa shape index (κ2) is 7.16. The van der Waals surface area contributed by atoms with Gasteiger partial charge in [0.15, 0.2) is 0 Å². The molecule has 0 amide bonds. The third kappa shape index (κ3) is 3.33. The van der Waals surface area contributed by atoms with Gasteiger partial charge in [0.05, 0.1) is 11.4 Å². The Morgan fingerprint density at radius 3 is 2.32 bits per heavy atom. The van der Waals surface area contributed by atoms with Crippen LogP contribution in [0.15, 0.2) is 79.0 Å². The maximum absolute atomic E-state index is 4.96. The highest BCUT2D eigenvalue weighted by atomic mass is 32.2. The summed E-state index contributed by atoms with van der Waals surface area (Å²) in [6.45, 7) is 2.12. The summed E-state index contributed by atoms with van der Waals surface area (Å²) < 4.78 is 2.25. The third-order valence-electron chi connectivity index (χ3n) is 4.34. The smallest absolute Gasteiger partial charge is 0.140 e. The molecule has 124 valence electrons. The first-order chi connectivity index (χ1) is 12.3. The van der Waals surface area contributed by atoms with Crippen LogP contribution in [0.5, 0.6) is 0 Å². The molecule has 0 aliphatic carbocycles. The molecule has 0 saturated carbocycles. The molecule has 0 aliphatic rings. The molecule has 25 heavy (non-hydrogen) atoms. The minimum atomic E-state index is 0.934. The number of imidazole rings is 1. The van der Waals surface area contributed by atoms with Crippen LogP contribution in [-0.2, 0) is 11.5 Å². The highest BCUT2D eigenvalue weighted by Crippen LogP contribution is 2.29. The zero-order valence-corrected chi connectivity index (χ0v) is 15.0. The van der Waals surface area contributed by atoms with Gasteiger partial charge in [-0.2, -0.15) is 11.8 Å². The van der Waals surface area contributed by atoms with E-state index in [4.69, 9.17) is 4.98 Å². The lowest BCUT2D eigenvalue weighted by molar-refractivity contribution is 1.08. The summed E-state index contributed by atoms with van der Waals surface area (Å²) in [5.74, 6) is 1.94. The fourth-order valence-electron chi connectivity index (χ4n) is 3.06. The van der Waals surface area contributed by atoms with Crippen LogP contribution in [0.3, 0.4) is 0 Å². The van der Waals surface area contributed by atoms with Crippen molar-refractivity contribution in [2.45, 2.75) is 18.4 Å². The topological polar surface area (TPSA) is 17.3 Å². The summed E-state index contributed by atoms with van der Waals surface area (Å²) in [7, 11) is 0. The number of hydrogen-bond acceptors (Lipinski definition) is 2. The summed E-state index contributed by atoms with van der Waals surface area (Å²) in [6, 6.07) is 25.3. The van der Waals surface area contributed by atoms with Crippen LogP contribution in [0.25, 0.3) is 16.9 Å². The fraction of sp³-hybridized carbons (Fsp3) is 0.136. The van der Waals surface area contributed by atoms with Crippen LogP contribution in [0, 0.1) is 6.92 Å². The standard InChI is InChI=1S/C22H20N2S/c1-17-9-8-14-24-20(16-25-15-18-10-4-2-5-11-18)21(23-22(17)24)19-12-6-3-7-13-19/h2-14H,15-16H2,1H3. The molecule has 3 heteroatoms. The second-order valence-electron chi connectivity index (χ2n) is 6.14. The first-order valence-electron chi connectivity index (χ1n) is 8.46. The average Bonchev–Trinajstić information content (AvgIpc) is 3.04. The van der Waals surface area contributed by atoms with Crippen molar-refractivity contribution in [2.24, 2.45) is 0 Å². The van der Waals surface area contributed by atoms with Gasteiger partial charge >= 0.3 is 0 Å². The molecule has 2 heterocycles. The number of thioether (sulfide) groups is 1. The van der Waals surface area contributed by atoms with Crippen LogP contribution in [0.2, 0.25) is 0 Å². The van der Waals surface area contributed by atoms with E-state index in [0.717, 1.165) is 22.8 Å². The van der Waals surface area contributed by atoms with Gasteiger partial charge in [-0.15, -0.1) is 0 Å². The molecule has 2 nitrogen and oxygen atoms in total. The van der Waals surface area contributed by atoms with Crippen molar-refractivity contribution in [3.63, 3.8) is 0 Å². The maximum Gasteiger partial charge on any atom is 0.140 e. The molecule has 0 aliphatic heterocycles. The first kappa shape index (κ1) is 16.0. The number of fused-ring (bicyclic) bond motifs is 1. The van der Waals surface area contributed by atoms with E-state index >= 15 is 0 Å². The van der Waals surface area contributed by atoms with Crippen LogP contribution in [0.4, 0.5) is 0 Å². The van der Waals surface area contributed by atoms with E-state index in [2.05, 4.69) is 84.3 Å². The molecule has 2 aromatic heterocycles. The largest absolute Gasteiger partial charge is 0.302 e. The monoisotopic (exact) mass is 344 g/mol. The molecule has 4 rings (SSSR count). The van der Waals surface area contributed by atoms with Gasteiger partial charge in [-0.25, -0.2) is 4.98 Å². The van der Waals surface area contributed by atoms with E-state index in [9.17, 15) is 0 Å². The Balaban J connectivity index is 1.69. The van der Waals surface area contributed by atoms with E-state index in [1.165, 1.54) is 22.4 Å². The Bertz CT molecular complexity index is 975. The van der Waals surface area contributed by atoms with Crippen LogP contribution < -0.4 is 0 Å². The quantitative estimate of drug-likeness (QED) is 0.459. The van der Waals surface area contributed by atoms with E-state index in [0.29, 0.717) is 0 Å². The van der Waals surface area contributed by atoms with Gasteiger partial charge in [-0.3, -0.25) is 0 Å². The van der Waals surface area contributed by atoms with Crippen molar-refractivity contribution in [1.82, 2.24) is 9.38 Å². The van der Waals surface area contributed by atoms with Gasteiger partial charge in [0, 0.05) is 23.3 Å². The molecule has 0 radical (unpaired) electrons. The molecule has 4 aromatic rings. The number of rotatable bonds is 5.